The van der Waals surface area contributed by atoms with Crippen LogP contribution in [0.15, 0.2) is 46.9 Å². The van der Waals surface area contributed by atoms with Crippen molar-refractivity contribution >= 4 is 11.8 Å². The molecule has 30 heavy (non-hydrogen) atoms. The van der Waals surface area contributed by atoms with E-state index in [1.54, 1.807) is 9.80 Å². The molecule has 0 unspecified atom stereocenters. The molecule has 0 fully saturated rings. The van der Waals surface area contributed by atoms with Gasteiger partial charge in [0.15, 0.2) is 0 Å². The maximum atomic E-state index is 13.2. The van der Waals surface area contributed by atoms with Crippen LogP contribution in [0, 0.1) is 18.8 Å². The molecule has 1 aromatic heterocycles. The lowest BCUT2D eigenvalue weighted by atomic mass is 10.1. The molecule has 5 nitrogen and oxygen atoms in total. The van der Waals surface area contributed by atoms with Gasteiger partial charge in [0.1, 0.15) is 11.5 Å². The van der Waals surface area contributed by atoms with Crippen molar-refractivity contribution in [1.82, 2.24) is 9.80 Å². The minimum Gasteiger partial charge on any atom is -0.464 e. The number of hydrogen-bond acceptors (Lipinski definition) is 3. The van der Waals surface area contributed by atoms with Gasteiger partial charge in [-0.1, -0.05) is 58.0 Å². The normalized spacial score (nSPS) is 11.2. The first-order valence-electron chi connectivity index (χ1n) is 10.9. The van der Waals surface area contributed by atoms with E-state index in [1.807, 2.05) is 51.1 Å². The molecule has 1 heterocycles. The average molecular weight is 413 g/mol. The van der Waals surface area contributed by atoms with Crippen LogP contribution in [0.5, 0.6) is 0 Å². The number of furan rings is 1. The molecule has 0 bridgehead atoms. The number of nitrogens with zero attached hydrogens (tertiary/aromatic N) is 2. The zero-order valence-electron chi connectivity index (χ0n) is 19.1. The Kier molecular flexibility index (Phi) is 9.15. The molecule has 0 N–H and O–H groups in total. The molecular formula is C25H36N2O3. The van der Waals surface area contributed by atoms with Crippen molar-refractivity contribution in [2.24, 2.45) is 11.8 Å². The smallest absolute Gasteiger partial charge is 0.242 e. The van der Waals surface area contributed by atoms with E-state index in [1.165, 1.54) is 5.56 Å². The molecule has 0 aliphatic heterocycles. The van der Waals surface area contributed by atoms with Gasteiger partial charge in [-0.3, -0.25) is 9.59 Å². The molecule has 2 rings (SSSR count). The number of benzene rings is 1. The highest BCUT2D eigenvalue weighted by molar-refractivity contribution is 5.85. The lowest BCUT2D eigenvalue weighted by Gasteiger charge is -2.29. The first-order chi connectivity index (χ1) is 14.3. The van der Waals surface area contributed by atoms with Crippen LogP contribution in [0.4, 0.5) is 0 Å². The van der Waals surface area contributed by atoms with Crippen molar-refractivity contribution in [2.45, 2.75) is 54.0 Å². The van der Waals surface area contributed by atoms with Crippen molar-refractivity contribution < 1.29 is 14.0 Å². The average Bonchev–Trinajstić information content (AvgIpc) is 3.12. The lowest BCUT2D eigenvalue weighted by molar-refractivity contribution is -0.142. The van der Waals surface area contributed by atoms with E-state index in [0.29, 0.717) is 25.6 Å². The van der Waals surface area contributed by atoms with Gasteiger partial charge in [-0.05, 0) is 43.4 Å². The van der Waals surface area contributed by atoms with Gasteiger partial charge in [-0.15, -0.1) is 0 Å². The fraction of sp³-hybridized carbons (Fsp3) is 0.520. The molecule has 5 heteroatoms. The fourth-order valence-corrected chi connectivity index (χ4v) is 3.27. The fourth-order valence-electron chi connectivity index (χ4n) is 3.27. The van der Waals surface area contributed by atoms with Crippen LogP contribution >= 0.6 is 0 Å². The second-order valence-electron chi connectivity index (χ2n) is 8.66. The Morgan fingerprint density at radius 1 is 0.933 bits per heavy atom. The Balaban J connectivity index is 2.12. The van der Waals surface area contributed by atoms with Gasteiger partial charge in [0.25, 0.3) is 0 Å². The van der Waals surface area contributed by atoms with Crippen LogP contribution in [0.2, 0.25) is 0 Å². The minimum atomic E-state index is -0.129. The predicted molar refractivity (Wildman–Crippen MR) is 120 cm³/mol. The number of carbonyl (C=O) groups is 2. The van der Waals surface area contributed by atoms with Crippen molar-refractivity contribution in [1.29, 1.82) is 0 Å². The minimum absolute atomic E-state index is 0.0286. The van der Waals surface area contributed by atoms with Crippen molar-refractivity contribution in [3.05, 3.63) is 59.5 Å². The highest BCUT2D eigenvalue weighted by Gasteiger charge is 2.24. The molecule has 0 atom stereocenters. The molecule has 1 aromatic carbocycles. The third-order valence-corrected chi connectivity index (χ3v) is 5.12. The van der Waals surface area contributed by atoms with E-state index in [2.05, 4.69) is 26.0 Å². The molecular weight excluding hydrogens is 376 g/mol. The summed E-state index contributed by atoms with van der Waals surface area (Å²) in [6.07, 6.45) is 1.64. The first kappa shape index (κ1) is 23.7. The van der Waals surface area contributed by atoms with Gasteiger partial charge in [0, 0.05) is 19.0 Å². The molecule has 0 aliphatic carbocycles. The topological polar surface area (TPSA) is 53.8 Å². The third kappa shape index (κ3) is 7.69. The van der Waals surface area contributed by atoms with Crippen LogP contribution in [-0.2, 0) is 22.6 Å². The number of amides is 2. The Morgan fingerprint density at radius 2 is 1.63 bits per heavy atom. The van der Waals surface area contributed by atoms with Crippen molar-refractivity contribution in [2.75, 3.05) is 19.6 Å². The molecule has 0 saturated heterocycles. The SMILES string of the molecule is Cc1ccc(CN(CCc2ccccc2)C(=O)CN(CCC(C)C)C(=O)C(C)C)o1. The van der Waals surface area contributed by atoms with Crippen LogP contribution in [0.3, 0.4) is 0 Å². The Labute approximate surface area is 181 Å². The summed E-state index contributed by atoms with van der Waals surface area (Å²) in [5.41, 5.74) is 1.18. The standard InChI is InChI=1S/C25H36N2O3/c1-19(2)13-15-27(25(29)20(3)4)18-24(28)26(17-23-12-11-21(5)30-23)16-14-22-9-7-6-8-10-22/h6-12,19-20H,13-18H2,1-5H3. The van der Waals surface area contributed by atoms with E-state index in [4.69, 9.17) is 4.42 Å². The number of rotatable bonds is 11. The van der Waals surface area contributed by atoms with E-state index < -0.39 is 0 Å². The second kappa shape index (κ2) is 11.6. The lowest BCUT2D eigenvalue weighted by Crippen LogP contribution is -2.45. The van der Waals surface area contributed by atoms with E-state index in [0.717, 1.165) is 24.4 Å². The molecule has 2 amide bonds. The van der Waals surface area contributed by atoms with Gasteiger partial charge in [-0.2, -0.15) is 0 Å². The molecule has 0 radical (unpaired) electrons. The maximum Gasteiger partial charge on any atom is 0.242 e. The summed E-state index contributed by atoms with van der Waals surface area (Å²) in [5.74, 6) is 1.92. The largest absolute Gasteiger partial charge is 0.464 e. The van der Waals surface area contributed by atoms with Crippen LogP contribution in [0.1, 0.15) is 51.2 Å². The van der Waals surface area contributed by atoms with E-state index in [-0.39, 0.29) is 24.3 Å². The zero-order valence-corrected chi connectivity index (χ0v) is 19.1. The highest BCUT2D eigenvalue weighted by atomic mass is 16.3. The van der Waals surface area contributed by atoms with Crippen molar-refractivity contribution in [3.63, 3.8) is 0 Å². The molecule has 0 saturated carbocycles. The second-order valence-corrected chi connectivity index (χ2v) is 8.66. The Hall–Kier alpha value is -2.56. The number of hydrogen-bond donors (Lipinski definition) is 0. The summed E-state index contributed by atoms with van der Waals surface area (Å²) < 4.78 is 5.71. The van der Waals surface area contributed by atoms with Crippen LogP contribution in [0.25, 0.3) is 0 Å². The number of aryl methyl sites for hydroxylation is 1. The first-order valence-corrected chi connectivity index (χ1v) is 10.9. The Bertz CT molecular complexity index is 796. The van der Waals surface area contributed by atoms with Gasteiger partial charge in [-0.25, -0.2) is 0 Å². The van der Waals surface area contributed by atoms with E-state index >= 15 is 0 Å². The molecule has 0 spiro atoms. The molecule has 2 aromatic rings. The predicted octanol–water partition coefficient (Wildman–Crippen LogP) is 4.69. The summed E-state index contributed by atoms with van der Waals surface area (Å²) in [4.78, 5) is 29.5. The summed E-state index contributed by atoms with van der Waals surface area (Å²) in [6.45, 7) is 11.6. The summed E-state index contributed by atoms with van der Waals surface area (Å²) in [7, 11) is 0. The third-order valence-electron chi connectivity index (χ3n) is 5.12. The van der Waals surface area contributed by atoms with Gasteiger partial charge in [0.05, 0.1) is 13.1 Å². The quantitative estimate of drug-likeness (QED) is 0.538. The van der Waals surface area contributed by atoms with Crippen LogP contribution < -0.4 is 0 Å². The van der Waals surface area contributed by atoms with Gasteiger partial charge in [0.2, 0.25) is 11.8 Å². The molecule has 0 aliphatic rings. The molecule has 164 valence electrons. The summed E-state index contributed by atoms with van der Waals surface area (Å²) in [5, 5.41) is 0. The van der Waals surface area contributed by atoms with Gasteiger partial charge < -0.3 is 14.2 Å². The zero-order chi connectivity index (χ0) is 22.1. The summed E-state index contributed by atoms with van der Waals surface area (Å²) >= 11 is 0. The monoisotopic (exact) mass is 412 g/mol. The van der Waals surface area contributed by atoms with Crippen molar-refractivity contribution in [3.8, 4) is 0 Å². The maximum absolute atomic E-state index is 13.2. The van der Waals surface area contributed by atoms with Crippen LogP contribution in [-0.4, -0.2) is 41.2 Å². The summed E-state index contributed by atoms with van der Waals surface area (Å²) in [6, 6.07) is 14.0. The number of carbonyl (C=O) groups excluding carboxylic acids is 2. The Morgan fingerprint density at radius 3 is 2.20 bits per heavy atom. The van der Waals surface area contributed by atoms with E-state index in [9.17, 15) is 9.59 Å². The highest BCUT2D eigenvalue weighted by Crippen LogP contribution is 2.13. The van der Waals surface area contributed by atoms with Gasteiger partial charge >= 0.3 is 0 Å².